The van der Waals surface area contributed by atoms with E-state index in [-0.39, 0.29) is 12.5 Å². The average molecular weight is 357 g/mol. The number of carbonyl (C=O) groups is 1. The van der Waals surface area contributed by atoms with Crippen LogP contribution in [0.25, 0.3) is 0 Å². The summed E-state index contributed by atoms with van der Waals surface area (Å²) in [6.07, 6.45) is 2.96. The van der Waals surface area contributed by atoms with Crippen LogP contribution in [0.5, 0.6) is 0 Å². The molecule has 0 saturated heterocycles. The molecule has 2 N–H and O–H groups in total. The molecule has 0 atom stereocenters. The van der Waals surface area contributed by atoms with Crippen molar-refractivity contribution < 1.29 is 9.21 Å². The molecule has 2 rings (SSSR count). The van der Waals surface area contributed by atoms with Crippen molar-refractivity contribution in [1.29, 1.82) is 0 Å². The van der Waals surface area contributed by atoms with Gasteiger partial charge in [0.25, 0.3) is 5.91 Å². The molecule has 7 heteroatoms. The van der Waals surface area contributed by atoms with E-state index in [1.165, 1.54) is 12.5 Å². The minimum absolute atomic E-state index is 0.0930. The van der Waals surface area contributed by atoms with Gasteiger partial charge >= 0.3 is 0 Å². The van der Waals surface area contributed by atoms with Gasteiger partial charge in [-0.05, 0) is 46.3 Å². The number of hydrogen-bond donors (Lipinski definition) is 2. The first-order chi connectivity index (χ1) is 9.65. The quantitative estimate of drug-likeness (QED) is 0.638. The summed E-state index contributed by atoms with van der Waals surface area (Å²) < 4.78 is 5.83. The minimum Gasteiger partial charge on any atom is -0.463 e. The summed E-state index contributed by atoms with van der Waals surface area (Å²) in [5.74, 6) is 0.299. The molecule has 0 bridgehead atoms. The highest BCUT2D eigenvalue weighted by atomic mass is 79.9. The predicted octanol–water partition coefficient (Wildman–Crippen LogP) is 3.26. The smallest absolute Gasteiger partial charge is 0.259 e. The number of anilines is 1. The molecule has 0 radical (unpaired) electrons. The second-order valence-corrected chi connectivity index (χ2v) is 5.08. The molecule has 0 aliphatic carbocycles. The molecule has 0 aliphatic rings. The number of nitrogens with zero attached hydrogens (tertiary/aromatic N) is 1. The van der Waals surface area contributed by atoms with Gasteiger partial charge in [0.05, 0.1) is 19.0 Å². The molecule has 1 amide bonds. The number of benzene rings is 1. The Hall–Kier alpha value is -1.79. The molecular formula is C13H11BrClN3O2. The lowest BCUT2D eigenvalue weighted by Crippen LogP contribution is -2.25. The first kappa shape index (κ1) is 14.6. The molecule has 0 unspecified atom stereocenters. The molecule has 1 heterocycles. The number of amides is 1. The lowest BCUT2D eigenvalue weighted by Gasteiger charge is -2.07. The number of hydrazone groups is 1. The summed E-state index contributed by atoms with van der Waals surface area (Å²) in [6, 6.07) is 8.74. The van der Waals surface area contributed by atoms with E-state index in [0.717, 1.165) is 10.2 Å². The minimum atomic E-state index is -0.269. The molecule has 0 spiro atoms. The number of halogens is 2. The van der Waals surface area contributed by atoms with Gasteiger partial charge in [-0.15, -0.1) is 0 Å². The van der Waals surface area contributed by atoms with Crippen molar-refractivity contribution in [1.82, 2.24) is 5.43 Å². The van der Waals surface area contributed by atoms with Gasteiger partial charge in [0.2, 0.25) is 0 Å². The normalized spacial score (nSPS) is 10.7. The van der Waals surface area contributed by atoms with Crippen molar-refractivity contribution in [2.24, 2.45) is 5.10 Å². The highest BCUT2D eigenvalue weighted by molar-refractivity contribution is 9.10. The Kier molecular flexibility index (Phi) is 5.20. The maximum absolute atomic E-state index is 11.6. The van der Waals surface area contributed by atoms with Crippen LogP contribution in [-0.4, -0.2) is 18.7 Å². The van der Waals surface area contributed by atoms with E-state index in [1.54, 1.807) is 30.3 Å². The van der Waals surface area contributed by atoms with E-state index >= 15 is 0 Å². The molecular weight excluding hydrogens is 346 g/mol. The molecule has 0 saturated carbocycles. The topological polar surface area (TPSA) is 66.6 Å². The van der Waals surface area contributed by atoms with Crippen LogP contribution in [0.1, 0.15) is 5.76 Å². The molecule has 1 aromatic heterocycles. The molecule has 0 fully saturated rings. The molecule has 0 aliphatic heterocycles. The summed E-state index contributed by atoms with van der Waals surface area (Å²) >= 11 is 9.19. The highest BCUT2D eigenvalue weighted by Gasteiger charge is 2.03. The fourth-order valence-corrected chi connectivity index (χ4v) is 2.20. The van der Waals surface area contributed by atoms with Gasteiger partial charge in [-0.1, -0.05) is 11.6 Å². The number of carbonyl (C=O) groups excluding carboxylic acids is 1. The largest absolute Gasteiger partial charge is 0.463 e. The summed E-state index contributed by atoms with van der Waals surface area (Å²) in [4.78, 5) is 11.6. The van der Waals surface area contributed by atoms with Crippen LogP contribution in [0.3, 0.4) is 0 Å². The van der Waals surface area contributed by atoms with Gasteiger partial charge in [0.1, 0.15) is 5.76 Å². The number of nitrogens with one attached hydrogen (secondary N) is 2. The monoisotopic (exact) mass is 355 g/mol. The predicted molar refractivity (Wildman–Crippen MR) is 82.1 cm³/mol. The van der Waals surface area contributed by atoms with Crippen LogP contribution < -0.4 is 10.7 Å². The SMILES string of the molecule is O=C(CNc1ccc(Cl)cc1Br)N/N=C/c1ccco1. The molecule has 1 aromatic carbocycles. The van der Waals surface area contributed by atoms with E-state index in [0.29, 0.717) is 10.8 Å². The Morgan fingerprint density at radius 3 is 3.00 bits per heavy atom. The fourth-order valence-electron chi connectivity index (χ4n) is 1.38. The first-order valence-electron chi connectivity index (χ1n) is 5.69. The van der Waals surface area contributed by atoms with Crippen LogP contribution in [-0.2, 0) is 4.79 Å². The summed E-state index contributed by atoms with van der Waals surface area (Å²) in [5.41, 5.74) is 3.17. The lowest BCUT2D eigenvalue weighted by atomic mass is 10.3. The second kappa shape index (κ2) is 7.12. The summed E-state index contributed by atoms with van der Waals surface area (Å²) in [6.45, 7) is 0.0930. The van der Waals surface area contributed by atoms with E-state index in [1.807, 2.05) is 0 Å². The first-order valence-corrected chi connectivity index (χ1v) is 6.86. The standard InChI is InChI=1S/C13H11BrClN3O2/c14-11-6-9(15)3-4-12(11)16-8-13(19)18-17-7-10-2-1-5-20-10/h1-7,16H,8H2,(H,18,19)/b17-7+. The lowest BCUT2D eigenvalue weighted by molar-refractivity contribution is -0.119. The molecule has 2 aromatic rings. The summed E-state index contributed by atoms with van der Waals surface area (Å²) in [5, 5.41) is 7.36. The van der Waals surface area contributed by atoms with E-state index in [9.17, 15) is 4.79 Å². The van der Waals surface area contributed by atoms with Crippen molar-refractivity contribution in [3.05, 3.63) is 51.9 Å². The zero-order valence-corrected chi connectivity index (χ0v) is 12.6. The Labute approximate surface area is 129 Å². The fraction of sp³-hybridized carbons (Fsp3) is 0.0769. The zero-order chi connectivity index (χ0) is 14.4. The van der Waals surface area contributed by atoms with E-state index in [2.05, 4.69) is 31.8 Å². The Morgan fingerprint density at radius 1 is 1.45 bits per heavy atom. The van der Waals surface area contributed by atoms with Crippen molar-refractivity contribution in [3.63, 3.8) is 0 Å². The van der Waals surface area contributed by atoms with Gasteiger partial charge in [0.15, 0.2) is 0 Å². The van der Waals surface area contributed by atoms with Gasteiger partial charge in [0, 0.05) is 15.2 Å². The Morgan fingerprint density at radius 2 is 2.30 bits per heavy atom. The number of hydrogen-bond acceptors (Lipinski definition) is 4. The molecule has 5 nitrogen and oxygen atoms in total. The van der Waals surface area contributed by atoms with Gasteiger partial charge in [-0.25, -0.2) is 5.43 Å². The van der Waals surface area contributed by atoms with Crippen LogP contribution in [0, 0.1) is 0 Å². The maximum Gasteiger partial charge on any atom is 0.259 e. The number of rotatable bonds is 5. The highest BCUT2D eigenvalue weighted by Crippen LogP contribution is 2.25. The second-order valence-electron chi connectivity index (χ2n) is 3.79. The third-order valence-corrected chi connectivity index (χ3v) is 3.19. The molecule has 104 valence electrons. The Bertz CT molecular complexity index is 614. The third-order valence-electron chi connectivity index (χ3n) is 2.29. The van der Waals surface area contributed by atoms with Crippen molar-refractivity contribution in [3.8, 4) is 0 Å². The van der Waals surface area contributed by atoms with Crippen molar-refractivity contribution >= 4 is 45.3 Å². The van der Waals surface area contributed by atoms with Crippen LogP contribution in [0.2, 0.25) is 5.02 Å². The van der Waals surface area contributed by atoms with Gasteiger partial charge in [-0.3, -0.25) is 4.79 Å². The average Bonchev–Trinajstić information content (AvgIpc) is 2.91. The van der Waals surface area contributed by atoms with Crippen LogP contribution in [0.4, 0.5) is 5.69 Å². The number of furan rings is 1. The zero-order valence-electron chi connectivity index (χ0n) is 10.3. The Balaban J connectivity index is 1.80. The van der Waals surface area contributed by atoms with Gasteiger partial charge in [-0.2, -0.15) is 5.10 Å². The summed E-state index contributed by atoms with van der Waals surface area (Å²) in [7, 11) is 0. The molecule has 20 heavy (non-hydrogen) atoms. The van der Waals surface area contributed by atoms with E-state index in [4.69, 9.17) is 16.0 Å². The van der Waals surface area contributed by atoms with Gasteiger partial charge < -0.3 is 9.73 Å². The maximum atomic E-state index is 11.6. The van der Waals surface area contributed by atoms with Crippen LogP contribution >= 0.6 is 27.5 Å². The van der Waals surface area contributed by atoms with Crippen LogP contribution in [0.15, 0.2) is 50.6 Å². The van der Waals surface area contributed by atoms with E-state index < -0.39 is 0 Å². The van der Waals surface area contributed by atoms with Crippen molar-refractivity contribution in [2.45, 2.75) is 0 Å². The third kappa shape index (κ3) is 4.40. The van der Waals surface area contributed by atoms with Crippen molar-refractivity contribution in [2.75, 3.05) is 11.9 Å².